The van der Waals surface area contributed by atoms with Crippen LogP contribution in [0.15, 0.2) is 24.3 Å². The van der Waals surface area contributed by atoms with Gasteiger partial charge in [-0.05, 0) is 39.3 Å². The third kappa shape index (κ3) is 5.68. The molecule has 3 atom stereocenters. The molecule has 28 heavy (non-hydrogen) atoms. The zero-order valence-electron chi connectivity index (χ0n) is 16.9. The van der Waals surface area contributed by atoms with Crippen LogP contribution >= 0.6 is 0 Å². The van der Waals surface area contributed by atoms with E-state index in [0.29, 0.717) is 24.3 Å². The topological polar surface area (TPSA) is 93.2 Å². The molecule has 0 N–H and O–H groups in total. The molecule has 1 saturated heterocycles. The maximum absolute atomic E-state index is 12.6. The van der Waals surface area contributed by atoms with Crippen LogP contribution in [0.1, 0.15) is 26.3 Å². The van der Waals surface area contributed by atoms with Crippen LogP contribution in [0.4, 0.5) is 5.69 Å². The Morgan fingerprint density at radius 1 is 1.25 bits per heavy atom. The van der Waals surface area contributed by atoms with Crippen LogP contribution in [-0.2, 0) is 29.1 Å². The van der Waals surface area contributed by atoms with Crippen molar-refractivity contribution >= 4 is 27.6 Å². The molecule has 0 aliphatic carbocycles. The predicted molar refractivity (Wildman–Crippen MR) is 106 cm³/mol. The van der Waals surface area contributed by atoms with Crippen LogP contribution in [0.5, 0.6) is 0 Å². The van der Waals surface area contributed by atoms with Gasteiger partial charge in [-0.15, -0.1) is 0 Å². The number of rotatable bonds is 6. The molecule has 0 radical (unpaired) electrons. The highest BCUT2D eigenvalue weighted by Gasteiger charge is 2.31. The molecule has 2 rings (SSSR count). The first-order valence-electron chi connectivity index (χ1n) is 9.16. The molecule has 1 aliphatic heterocycles. The molecule has 1 aromatic rings. The van der Waals surface area contributed by atoms with E-state index in [-0.39, 0.29) is 18.1 Å². The summed E-state index contributed by atoms with van der Waals surface area (Å²) in [7, 11) is -3.71. The molecule has 1 fully saturated rings. The van der Waals surface area contributed by atoms with Crippen molar-refractivity contribution in [2.45, 2.75) is 46.0 Å². The summed E-state index contributed by atoms with van der Waals surface area (Å²) < 4.78 is 36.2. The molecule has 1 amide bonds. The van der Waals surface area contributed by atoms with E-state index in [9.17, 15) is 18.0 Å². The molecule has 8 nitrogen and oxygen atoms in total. The number of esters is 1. The summed E-state index contributed by atoms with van der Waals surface area (Å²) >= 11 is 0. The number of carbonyl (C=O) groups is 2. The van der Waals surface area contributed by atoms with Gasteiger partial charge in [-0.2, -0.15) is 0 Å². The molecule has 0 spiro atoms. The van der Waals surface area contributed by atoms with Crippen LogP contribution in [0, 0.1) is 6.92 Å². The SMILES string of the molecule is Cc1ccccc1N(CC(=O)OC(C)C(=O)N1CC(C)OC(C)C1)S(C)(=O)=O. The average Bonchev–Trinajstić information content (AvgIpc) is 2.58. The van der Waals surface area contributed by atoms with Crippen molar-refractivity contribution < 1.29 is 27.5 Å². The number of amides is 1. The number of benzene rings is 1. The number of anilines is 1. The van der Waals surface area contributed by atoms with Crippen molar-refractivity contribution in [1.82, 2.24) is 4.90 Å². The zero-order valence-corrected chi connectivity index (χ0v) is 17.7. The second-order valence-corrected chi connectivity index (χ2v) is 9.10. The van der Waals surface area contributed by atoms with E-state index in [0.717, 1.165) is 10.6 Å². The number of aryl methyl sites for hydroxylation is 1. The quantitative estimate of drug-likeness (QED) is 0.655. The lowest BCUT2D eigenvalue weighted by Crippen LogP contribution is -2.51. The predicted octanol–water partition coefficient (Wildman–Crippen LogP) is 1.33. The molecule has 0 aromatic heterocycles. The van der Waals surface area contributed by atoms with E-state index in [1.54, 1.807) is 36.1 Å². The second kappa shape index (κ2) is 8.91. The molecule has 1 aliphatic rings. The second-order valence-electron chi connectivity index (χ2n) is 7.19. The van der Waals surface area contributed by atoms with Gasteiger partial charge in [0.25, 0.3) is 5.91 Å². The number of nitrogens with zero attached hydrogens (tertiary/aromatic N) is 2. The van der Waals surface area contributed by atoms with Gasteiger partial charge < -0.3 is 14.4 Å². The Morgan fingerprint density at radius 3 is 2.36 bits per heavy atom. The minimum Gasteiger partial charge on any atom is -0.451 e. The van der Waals surface area contributed by atoms with Gasteiger partial charge in [0.2, 0.25) is 10.0 Å². The summed E-state index contributed by atoms with van der Waals surface area (Å²) in [6, 6.07) is 6.85. The number of carbonyl (C=O) groups excluding carboxylic acids is 2. The average molecular weight is 413 g/mol. The van der Waals surface area contributed by atoms with Gasteiger partial charge in [-0.25, -0.2) is 8.42 Å². The first kappa shape index (κ1) is 22.2. The normalized spacial score (nSPS) is 21.1. The highest BCUT2D eigenvalue weighted by atomic mass is 32.2. The van der Waals surface area contributed by atoms with E-state index >= 15 is 0 Å². The van der Waals surface area contributed by atoms with Crippen molar-refractivity contribution in [3.8, 4) is 0 Å². The van der Waals surface area contributed by atoms with Crippen LogP contribution in [-0.4, -0.2) is 69.4 Å². The standard InChI is InChI=1S/C19H28N2O6S/c1-13-8-6-7-9-17(13)21(28(5,24)25)12-18(22)27-16(4)19(23)20-10-14(2)26-15(3)11-20/h6-9,14-16H,10-12H2,1-5H3. The maximum atomic E-state index is 12.6. The summed E-state index contributed by atoms with van der Waals surface area (Å²) in [6.45, 7) is 7.33. The van der Waals surface area contributed by atoms with E-state index in [1.807, 2.05) is 13.8 Å². The van der Waals surface area contributed by atoms with Gasteiger partial charge in [0, 0.05) is 13.1 Å². The number of hydrogen-bond acceptors (Lipinski definition) is 6. The van der Waals surface area contributed by atoms with Crippen LogP contribution < -0.4 is 4.31 Å². The summed E-state index contributed by atoms with van der Waals surface area (Å²) in [5.41, 5.74) is 1.11. The largest absolute Gasteiger partial charge is 0.451 e. The first-order valence-corrected chi connectivity index (χ1v) is 11.0. The molecule has 3 unspecified atom stereocenters. The van der Waals surface area contributed by atoms with E-state index in [1.165, 1.54) is 6.92 Å². The van der Waals surface area contributed by atoms with Crippen molar-refractivity contribution in [2.24, 2.45) is 0 Å². The number of para-hydroxylation sites is 1. The van der Waals surface area contributed by atoms with Gasteiger partial charge in [0.15, 0.2) is 6.10 Å². The monoisotopic (exact) mass is 412 g/mol. The Bertz CT molecular complexity index is 815. The van der Waals surface area contributed by atoms with Crippen molar-refractivity contribution in [3.63, 3.8) is 0 Å². The third-order valence-electron chi connectivity index (χ3n) is 4.44. The fourth-order valence-electron chi connectivity index (χ4n) is 3.24. The molecule has 1 heterocycles. The number of hydrogen-bond donors (Lipinski definition) is 0. The Hall–Kier alpha value is -2.13. The minimum absolute atomic E-state index is 0.0996. The highest BCUT2D eigenvalue weighted by Crippen LogP contribution is 2.22. The zero-order chi connectivity index (χ0) is 21.1. The summed E-state index contributed by atoms with van der Waals surface area (Å²) in [5.74, 6) is -1.11. The smallest absolute Gasteiger partial charge is 0.327 e. The van der Waals surface area contributed by atoms with Gasteiger partial charge in [0.05, 0.1) is 24.2 Å². The van der Waals surface area contributed by atoms with Crippen LogP contribution in [0.3, 0.4) is 0 Å². The molecule has 156 valence electrons. The van der Waals surface area contributed by atoms with Gasteiger partial charge in [-0.3, -0.25) is 13.9 Å². The molecule has 1 aromatic carbocycles. The minimum atomic E-state index is -3.71. The number of sulfonamides is 1. The van der Waals surface area contributed by atoms with Gasteiger partial charge in [-0.1, -0.05) is 18.2 Å². The Balaban J connectivity index is 2.06. The van der Waals surface area contributed by atoms with Gasteiger partial charge >= 0.3 is 5.97 Å². The number of morpholine rings is 1. The van der Waals surface area contributed by atoms with Crippen molar-refractivity contribution in [2.75, 3.05) is 30.2 Å². The van der Waals surface area contributed by atoms with Crippen molar-refractivity contribution in [3.05, 3.63) is 29.8 Å². The van der Waals surface area contributed by atoms with E-state index in [2.05, 4.69) is 0 Å². The fraction of sp³-hybridized carbons (Fsp3) is 0.579. The maximum Gasteiger partial charge on any atom is 0.327 e. The summed E-state index contributed by atoms with van der Waals surface area (Å²) in [6.07, 6.45) is -0.185. The molecular weight excluding hydrogens is 384 g/mol. The number of ether oxygens (including phenoxy) is 2. The fourth-order valence-corrected chi connectivity index (χ4v) is 4.14. The Kier molecular flexibility index (Phi) is 7.06. The van der Waals surface area contributed by atoms with Crippen LogP contribution in [0.25, 0.3) is 0 Å². The van der Waals surface area contributed by atoms with E-state index in [4.69, 9.17) is 9.47 Å². The Labute approximate surface area is 166 Å². The van der Waals surface area contributed by atoms with Crippen molar-refractivity contribution in [1.29, 1.82) is 0 Å². The third-order valence-corrected chi connectivity index (χ3v) is 5.57. The van der Waals surface area contributed by atoms with Gasteiger partial charge in [0.1, 0.15) is 6.54 Å². The molecule has 0 bridgehead atoms. The van der Waals surface area contributed by atoms with E-state index < -0.39 is 28.6 Å². The van der Waals surface area contributed by atoms with Crippen LogP contribution in [0.2, 0.25) is 0 Å². The lowest BCUT2D eigenvalue weighted by Gasteiger charge is -2.36. The lowest BCUT2D eigenvalue weighted by molar-refractivity contribution is -0.163. The Morgan fingerprint density at radius 2 is 1.82 bits per heavy atom. The summed E-state index contributed by atoms with van der Waals surface area (Å²) in [5, 5.41) is 0. The highest BCUT2D eigenvalue weighted by molar-refractivity contribution is 7.92. The molecular formula is C19H28N2O6S. The first-order chi connectivity index (χ1) is 13.0. The molecule has 0 saturated carbocycles. The lowest BCUT2D eigenvalue weighted by atomic mass is 10.2. The molecule has 9 heteroatoms. The summed E-state index contributed by atoms with van der Waals surface area (Å²) in [4.78, 5) is 26.6.